The van der Waals surface area contributed by atoms with Gasteiger partial charge < -0.3 is 16.0 Å². The molecule has 1 aromatic carbocycles. The summed E-state index contributed by atoms with van der Waals surface area (Å²) in [6.45, 7) is 6.42. The standard InChI is InChI=1S/C19H32N4O3S/c1-6-14(2)22-18(24)17-9-7-8-16(12-17)13-21-19(20-4)23-15(3)10-11-27(5,25)26/h7-9,12,14-15H,6,10-11,13H2,1-5H3,(H,22,24)(H2,20,21,23). The van der Waals surface area contributed by atoms with Crippen molar-refractivity contribution >= 4 is 21.7 Å². The highest BCUT2D eigenvalue weighted by Crippen LogP contribution is 2.06. The first-order valence-corrected chi connectivity index (χ1v) is 11.2. The minimum Gasteiger partial charge on any atom is -0.354 e. The van der Waals surface area contributed by atoms with Gasteiger partial charge in [-0.25, -0.2) is 8.42 Å². The van der Waals surface area contributed by atoms with Gasteiger partial charge in [-0.3, -0.25) is 9.79 Å². The summed E-state index contributed by atoms with van der Waals surface area (Å²) < 4.78 is 22.5. The molecular formula is C19H32N4O3S. The molecule has 0 aliphatic carbocycles. The lowest BCUT2D eigenvalue weighted by Gasteiger charge is -2.18. The first kappa shape index (κ1) is 23.0. The number of benzene rings is 1. The molecule has 8 heteroatoms. The van der Waals surface area contributed by atoms with Crippen LogP contribution in [0.2, 0.25) is 0 Å². The van der Waals surface area contributed by atoms with Crippen molar-refractivity contribution in [3.05, 3.63) is 35.4 Å². The van der Waals surface area contributed by atoms with E-state index in [1.807, 2.05) is 39.0 Å². The van der Waals surface area contributed by atoms with Gasteiger partial charge >= 0.3 is 0 Å². The van der Waals surface area contributed by atoms with Crippen molar-refractivity contribution in [2.24, 2.45) is 4.99 Å². The van der Waals surface area contributed by atoms with Crippen LogP contribution in [-0.2, 0) is 16.4 Å². The Balaban J connectivity index is 2.60. The highest BCUT2D eigenvalue weighted by atomic mass is 32.2. The Kier molecular flexibility index (Phi) is 9.28. The number of hydrogen-bond donors (Lipinski definition) is 3. The molecule has 0 bridgehead atoms. The Morgan fingerprint density at radius 2 is 1.89 bits per heavy atom. The molecule has 1 rings (SSSR count). The average Bonchev–Trinajstić information content (AvgIpc) is 2.62. The highest BCUT2D eigenvalue weighted by molar-refractivity contribution is 7.90. The van der Waals surface area contributed by atoms with Crippen molar-refractivity contribution < 1.29 is 13.2 Å². The minimum absolute atomic E-state index is 0.0291. The Bertz CT molecular complexity index is 747. The van der Waals surface area contributed by atoms with E-state index in [0.29, 0.717) is 24.5 Å². The predicted octanol–water partition coefficient (Wildman–Crippen LogP) is 1.70. The number of nitrogens with zero attached hydrogens (tertiary/aromatic N) is 1. The maximum Gasteiger partial charge on any atom is 0.251 e. The first-order valence-electron chi connectivity index (χ1n) is 9.19. The summed E-state index contributed by atoms with van der Waals surface area (Å²) in [6, 6.07) is 7.54. The number of carbonyl (C=O) groups excluding carboxylic acids is 1. The Morgan fingerprint density at radius 3 is 2.48 bits per heavy atom. The fourth-order valence-corrected chi connectivity index (χ4v) is 3.09. The molecule has 0 fully saturated rings. The molecule has 0 aliphatic heterocycles. The van der Waals surface area contributed by atoms with E-state index in [1.54, 1.807) is 13.1 Å². The molecule has 152 valence electrons. The average molecular weight is 397 g/mol. The lowest BCUT2D eigenvalue weighted by Crippen LogP contribution is -2.42. The maximum atomic E-state index is 12.2. The third-order valence-corrected chi connectivity index (χ3v) is 5.14. The van der Waals surface area contributed by atoms with Crippen LogP contribution in [0.5, 0.6) is 0 Å². The predicted molar refractivity (Wildman–Crippen MR) is 111 cm³/mol. The van der Waals surface area contributed by atoms with Gasteiger partial charge in [-0.1, -0.05) is 19.1 Å². The second kappa shape index (κ2) is 10.9. The number of amides is 1. The van der Waals surface area contributed by atoms with Crippen molar-refractivity contribution in [2.45, 2.75) is 52.2 Å². The molecule has 0 heterocycles. The third-order valence-electron chi connectivity index (χ3n) is 4.17. The van der Waals surface area contributed by atoms with Crippen LogP contribution in [0.3, 0.4) is 0 Å². The van der Waals surface area contributed by atoms with Gasteiger partial charge in [-0.2, -0.15) is 0 Å². The maximum absolute atomic E-state index is 12.2. The molecule has 0 spiro atoms. The molecule has 0 saturated heterocycles. The largest absolute Gasteiger partial charge is 0.354 e. The smallest absolute Gasteiger partial charge is 0.251 e. The van der Waals surface area contributed by atoms with Gasteiger partial charge in [-0.05, 0) is 44.4 Å². The summed E-state index contributed by atoms with van der Waals surface area (Å²) in [5.41, 5.74) is 1.58. The van der Waals surface area contributed by atoms with E-state index in [1.165, 1.54) is 6.26 Å². The minimum atomic E-state index is -2.98. The fourth-order valence-electron chi connectivity index (χ4n) is 2.31. The van der Waals surface area contributed by atoms with Crippen molar-refractivity contribution in [1.29, 1.82) is 0 Å². The summed E-state index contributed by atoms with van der Waals surface area (Å²) >= 11 is 0. The molecule has 0 saturated carbocycles. The topological polar surface area (TPSA) is 99.7 Å². The number of rotatable bonds is 9. The number of carbonyl (C=O) groups is 1. The summed E-state index contributed by atoms with van der Waals surface area (Å²) in [4.78, 5) is 16.4. The Morgan fingerprint density at radius 1 is 1.19 bits per heavy atom. The van der Waals surface area contributed by atoms with Crippen molar-refractivity contribution in [3.63, 3.8) is 0 Å². The number of hydrogen-bond acceptors (Lipinski definition) is 4. The van der Waals surface area contributed by atoms with Crippen LogP contribution in [0, 0.1) is 0 Å². The molecule has 0 aliphatic rings. The molecule has 27 heavy (non-hydrogen) atoms. The van der Waals surface area contributed by atoms with Crippen molar-refractivity contribution in [3.8, 4) is 0 Å². The van der Waals surface area contributed by atoms with Gasteiger partial charge in [0.2, 0.25) is 0 Å². The molecule has 2 unspecified atom stereocenters. The van der Waals surface area contributed by atoms with Crippen LogP contribution in [0.4, 0.5) is 0 Å². The van der Waals surface area contributed by atoms with E-state index in [4.69, 9.17) is 0 Å². The van der Waals surface area contributed by atoms with Crippen LogP contribution in [-0.4, -0.2) is 51.4 Å². The normalized spacial score (nSPS) is 14.3. The zero-order chi connectivity index (χ0) is 20.4. The van der Waals surface area contributed by atoms with Gasteiger partial charge in [0, 0.05) is 37.5 Å². The number of guanidine groups is 1. The second-order valence-electron chi connectivity index (χ2n) is 6.87. The molecule has 1 amide bonds. The van der Waals surface area contributed by atoms with Gasteiger partial charge in [0.15, 0.2) is 5.96 Å². The molecule has 0 aromatic heterocycles. The number of sulfone groups is 1. The first-order chi connectivity index (χ1) is 12.6. The fraction of sp³-hybridized carbons (Fsp3) is 0.579. The van der Waals surface area contributed by atoms with E-state index < -0.39 is 9.84 Å². The summed E-state index contributed by atoms with van der Waals surface area (Å²) in [7, 11) is -1.32. The molecule has 0 radical (unpaired) electrons. The Labute approximate surface area is 163 Å². The molecule has 3 N–H and O–H groups in total. The summed E-state index contributed by atoms with van der Waals surface area (Å²) in [5.74, 6) is 0.638. The highest BCUT2D eigenvalue weighted by Gasteiger charge is 2.11. The van der Waals surface area contributed by atoms with Crippen molar-refractivity contribution in [2.75, 3.05) is 19.1 Å². The number of nitrogens with one attached hydrogen (secondary N) is 3. The SMILES string of the molecule is CCC(C)NC(=O)c1cccc(CNC(=NC)NC(C)CCS(C)(=O)=O)c1. The van der Waals surface area contributed by atoms with Crippen LogP contribution in [0.15, 0.2) is 29.3 Å². The quantitative estimate of drug-likeness (QED) is 0.436. The molecular weight excluding hydrogens is 364 g/mol. The summed E-state index contributed by atoms with van der Waals surface area (Å²) in [5, 5.41) is 9.32. The van der Waals surface area contributed by atoms with Crippen LogP contribution < -0.4 is 16.0 Å². The van der Waals surface area contributed by atoms with Crippen molar-refractivity contribution in [1.82, 2.24) is 16.0 Å². The van der Waals surface area contributed by atoms with Gasteiger partial charge in [0.25, 0.3) is 5.91 Å². The molecule has 1 aromatic rings. The third kappa shape index (κ3) is 9.42. The Hall–Kier alpha value is -2.09. The lowest BCUT2D eigenvalue weighted by molar-refractivity contribution is 0.0939. The lowest BCUT2D eigenvalue weighted by atomic mass is 10.1. The zero-order valence-electron chi connectivity index (χ0n) is 16.9. The van der Waals surface area contributed by atoms with Gasteiger partial charge in [0.1, 0.15) is 9.84 Å². The van der Waals surface area contributed by atoms with E-state index in [-0.39, 0.29) is 23.7 Å². The zero-order valence-corrected chi connectivity index (χ0v) is 17.7. The van der Waals surface area contributed by atoms with Gasteiger partial charge in [0.05, 0.1) is 5.75 Å². The van der Waals surface area contributed by atoms with E-state index in [2.05, 4.69) is 20.9 Å². The molecule has 7 nitrogen and oxygen atoms in total. The summed E-state index contributed by atoms with van der Waals surface area (Å²) in [6.07, 6.45) is 2.62. The monoisotopic (exact) mass is 396 g/mol. The number of aliphatic imine (C=N–C) groups is 1. The van der Waals surface area contributed by atoms with E-state index >= 15 is 0 Å². The van der Waals surface area contributed by atoms with Crippen LogP contribution in [0.1, 0.15) is 49.5 Å². The van der Waals surface area contributed by atoms with Crippen LogP contribution >= 0.6 is 0 Å². The van der Waals surface area contributed by atoms with Gasteiger partial charge in [-0.15, -0.1) is 0 Å². The molecule has 2 atom stereocenters. The van der Waals surface area contributed by atoms with E-state index in [0.717, 1.165) is 12.0 Å². The van der Waals surface area contributed by atoms with E-state index in [9.17, 15) is 13.2 Å². The van der Waals surface area contributed by atoms with Crippen LogP contribution in [0.25, 0.3) is 0 Å². The second-order valence-corrected chi connectivity index (χ2v) is 9.13.